The Labute approximate surface area is 315 Å². The van der Waals surface area contributed by atoms with Gasteiger partial charge in [0.2, 0.25) is 0 Å². The molecule has 5 heteroatoms. The van der Waals surface area contributed by atoms with Gasteiger partial charge in [-0.1, -0.05) is 119 Å². The Bertz CT molecular complexity index is 2470. The second kappa shape index (κ2) is 12.8. The Kier molecular flexibility index (Phi) is 8.71. The number of rotatable bonds is 5. The van der Waals surface area contributed by atoms with Crippen molar-refractivity contribution in [3.05, 3.63) is 138 Å². The van der Waals surface area contributed by atoms with Gasteiger partial charge in [-0.15, -0.1) is 0 Å². The molecule has 0 saturated carbocycles. The normalized spacial score (nSPS) is 12.9. The summed E-state index contributed by atoms with van der Waals surface area (Å²) in [4.78, 5) is 4.85. The highest BCUT2D eigenvalue weighted by Gasteiger charge is 2.27. The lowest BCUT2D eigenvalue weighted by atomic mass is 9.80. The lowest BCUT2D eigenvalue weighted by molar-refractivity contribution is -0.600. The number of benzene rings is 4. The fourth-order valence-electron chi connectivity index (χ4n) is 7.12. The van der Waals surface area contributed by atoms with Crippen LogP contribution in [0.2, 0.25) is 0 Å². The predicted molar refractivity (Wildman–Crippen MR) is 220 cm³/mol. The molecule has 53 heavy (non-hydrogen) atoms. The summed E-state index contributed by atoms with van der Waals surface area (Å²) in [5.74, 6) is 2.43. The Balaban J connectivity index is 1.30. The smallest absolute Gasteiger partial charge is 0.269 e. The van der Waals surface area contributed by atoms with Crippen molar-refractivity contribution in [3.63, 3.8) is 0 Å². The maximum absolute atomic E-state index is 6.67. The van der Waals surface area contributed by atoms with Crippen LogP contribution in [0.3, 0.4) is 0 Å². The molecule has 0 radical (unpaired) electrons. The zero-order valence-corrected chi connectivity index (χ0v) is 33.6. The van der Waals surface area contributed by atoms with Crippen molar-refractivity contribution in [2.45, 2.75) is 105 Å². The average molecular weight is 703 g/mol. The van der Waals surface area contributed by atoms with E-state index in [-0.39, 0.29) is 21.7 Å². The Morgan fingerprint density at radius 1 is 0.585 bits per heavy atom. The molecule has 5 nitrogen and oxygen atoms in total. The van der Waals surface area contributed by atoms with Crippen LogP contribution in [0.4, 0.5) is 0 Å². The Hall–Kier alpha value is -5.16. The summed E-state index contributed by atoms with van der Waals surface area (Å²) in [6.45, 7) is 27.2. The number of pyridine rings is 1. The molecule has 272 valence electrons. The van der Waals surface area contributed by atoms with Gasteiger partial charge < -0.3 is 4.74 Å². The van der Waals surface area contributed by atoms with E-state index in [4.69, 9.17) is 9.72 Å². The summed E-state index contributed by atoms with van der Waals surface area (Å²) < 4.78 is 13.3. The third-order valence-corrected chi connectivity index (χ3v) is 10.2. The molecule has 0 aliphatic rings. The maximum Gasteiger partial charge on any atom is 0.269 e. The number of ether oxygens (including phenoxy) is 1. The van der Waals surface area contributed by atoms with E-state index < -0.39 is 0 Å². The van der Waals surface area contributed by atoms with Crippen molar-refractivity contribution in [1.29, 1.82) is 0 Å². The average Bonchev–Trinajstić information content (AvgIpc) is 3.68. The van der Waals surface area contributed by atoms with Crippen molar-refractivity contribution < 1.29 is 9.30 Å². The number of hydrogen-bond acceptors (Lipinski definition) is 2. The summed E-state index contributed by atoms with van der Waals surface area (Å²) in [7, 11) is 0. The molecular formula is C48H54N4O. The lowest BCUT2D eigenvalue weighted by Crippen LogP contribution is -2.33. The van der Waals surface area contributed by atoms with Crippen molar-refractivity contribution in [3.8, 4) is 28.7 Å². The molecule has 0 bridgehead atoms. The third-order valence-electron chi connectivity index (χ3n) is 10.2. The van der Waals surface area contributed by atoms with Gasteiger partial charge in [0.05, 0.1) is 28.1 Å². The van der Waals surface area contributed by atoms with E-state index >= 15 is 0 Å². The van der Waals surface area contributed by atoms with E-state index in [1.54, 1.807) is 0 Å². The first-order chi connectivity index (χ1) is 24.8. The molecule has 0 aliphatic carbocycles. The monoisotopic (exact) mass is 702 g/mol. The van der Waals surface area contributed by atoms with E-state index in [0.29, 0.717) is 0 Å². The van der Waals surface area contributed by atoms with Crippen molar-refractivity contribution in [2.24, 2.45) is 0 Å². The second-order valence-electron chi connectivity index (χ2n) is 18.6. The van der Waals surface area contributed by atoms with Gasteiger partial charge in [-0.05, 0) is 92.9 Å². The van der Waals surface area contributed by atoms with E-state index in [2.05, 4.69) is 200 Å². The summed E-state index contributed by atoms with van der Waals surface area (Å²) in [5, 5.41) is 2.35. The van der Waals surface area contributed by atoms with Gasteiger partial charge in [-0.25, -0.2) is 4.98 Å². The molecule has 4 aromatic carbocycles. The largest absolute Gasteiger partial charge is 0.458 e. The molecule has 0 fully saturated rings. The topological polar surface area (TPSA) is 35.9 Å². The first-order valence-electron chi connectivity index (χ1n) is 18.8. The SMILES string of the molecule is CC(C)(C)c1ccnc(-n2c3ccccc3c3ccc(Oc4cccc(-n5[c-][n+](-c6ccc(C(C)(C)C)cc6C(C)(C)C)cc5C(C)(C)C)c4)cc32)c1. The highest BCUT2D eigenvalue weighted by Crippen LogP contribution is 2.37. The van der Waals surface area contributed by atoms with Gasteiger partial charge in [-0.3, -0.25) is 13.7 Å². The molecule has 0 aliphatic heterocycles. The fourth-order valence-corrected chi connectivity index (χ4v) is 7.12. The van der Waals surface area contributed by atoms with E-state index in [0.717, 1.165) is 50.8 Å². The number of aromatic nitrogens is 4. The summed E-state index contributed by atoms with van der Waals surface area (Å²) >= 11 is 0. The fraction of sp³-hybridized carbons (Fsp3) is 0.333. The van der Waals surface area contributed by atoms with Gasteiger partial charge >= 0.3 is 0 Å². The zero-order valence-electron chi connectivity index (χ0n) is 33.6. The number of fused-ring (bicyclic) bond motifs is 3. The summed E-state index contributed by atoms with van der Waals surface area (Å²) in [6.07, 6.45) is 7.89. The summed E-state index contributed by atoms with van der Waals surface area (Å²) in [6, 6.07) is 34.5. The molecular weight excluding hydrogens is 649 g/mol. The van der Waals surface area contributed by atoms with Crippen LogP contribution in [-0.4, -0.2) is 14.1 Å². The molecule has 3 heterocycles. The van der Waals surface area contributed by atoms with E-state index in [1.807, 2.05) is 12.3 Å². The second-order valence-corrected chi connectivity index (χ2v) is 18.6. The standard InChI is InChI=1S/C48H54N4O/c1-45(2,3)32-20-23-41(39(26-32)47(7,8)9)50-30-43(48(10,11)12)51(31-50)34-16-15-17-35(28-34)53-36-21-22-38-37-18-13-14-19-40(37)52(42(38)29-36)44-27-33(24-25-49-44)46(4,5)6/h13-30H,1-12H3. The van der Waals surface area contributed by atoms with Crippen molar-refractivity contribution in [2.75, 3.05) is 0 Å². The first kappa shape index (κ1) is 36.2. The van der Waals surface area contributed by atoms with Crippen LogP contribution in [0.25, 0.3) is 39.0 Å². The van der Waals surface area contributed by atoms with Crippen LogP contribution >= 0.6 is 0 Å². The first-order valence-corrected chi connectivity index (χ1v) is 18.8. The van der Waals surface area contributed by atoms with Crippen LogP contribution in [-0.2, 0) is 21.7 Å². The maximum atomic E-state index is 6.67. The quantitative estimate of drug-likeness (QED) is 0.132. The zero-order chi connectivity index (χ0) is 38.1. The van der Waals surface area contributed by atoms with Gasteiger partial charge in [0.25, 0.3) is 6.33 Å². The minimum Gasteiger partial charge on any atom is -0.458 e. The number of para-hydroxylation sites is 1. The van der Waals surface area contributed by atoms with E-state index in [1.165, 1.54) is 22.1 Å². The van der Waals surface area contributed by atoms with Gasteiger partial charge in [0.1, 0.15) is 17.3 Å². The molecule has 0 spiro atoms. The Morgan fingerprint density at radius 3 is 1.96 bits per heavy atom. The van der Waals surface area contributed by atoms with Crippen LogP contribution in [0.1, 0.15) is 105 Å². The molecule has 0 N–H and O–H groups in total. The highest BCUT2D eigenvalue weighted by molar-refractivity contribution is 6.09. The van der Waals surface area contributed by atoms with Gasteiger partial charge in [0.15, 0.2) is 0 Å². The van der Waals surface area contributed by atoms with Crippen LogP contribution in [0.5, 0.6) is 11.5 Å². The van der Waals surface area contributed by atoms with Crippen molar-refractivity contribution >= 4 is 21.8 Å². The molecule has 0 atom stereocenters. The van der Waals surface area contributed by atoms with Crippen LogP contribution < -0.4 is 9.30 Å². The minimum atomic E-state index is -0.136. The molecule has 7 aromatic rings. The Morgan fingerprint density at radius 2 is 1.26 bits per heavy atom. The third kappa shape index (κ3) is 7.02. The lowest BCUT2D eigenvalue weighted by Gasteiger charge is -2.27. The predicted octanol–water partition coefficient (Wildman–Crippen LogP) is 12.0. The molecule has 0 unspecified atom stereocenters. The van der Waals surface area contributed by atoms with Crippen LogP contribution in [0, 0.1) is 6.33 Å². The number of nitrogens with zero attached hydrogens (tertiary/aromatic N) is 4. The minimum absolute atomic E-state index is 0.00474. The van der Waals surface area contributed by atoms with Crippen molar-refractivity contribution in [1.82, 2.24) is 14.1 Å². The summed E-state index contributed by atoms with van der Waals surface area (Å²) in [5.41, 5.74) is 9.23. The highest BCUT2D eigenvalue weighted by atomic mass is 16.5. The number of hydrogen-bond donors (Lipinski definition) is 0. The van der Waals surface area contributed by atoms with Gasteiger partial charge in [-0.2, -0.15) is 0 Å². The van der Waals surface area contributed by atoms with Crippen LogP contribution in [0.15, 0.2) is 109 Å². The molecule has 0 amide bonds. The molecule has 3 aromatic heterocycles. The number of imidazole rings is 1. The molecule has 7 rings (SSSR count). The molecule has 0 saturated heterocycles. The van der Waals surface area contributed by atoms with E-state index in [9.17, 15) is 0 Å². The van der Waals surface area contributed by atoms with Gasteiger partial charge in [0, 0.05) is 29.2 Å².